The van der Waals surface area contributed by atoms with Gasteiger partial charge >= 0.3 is 0 Å². The molecule has 1 unspecified atom stereocenters. The van der Waals surface area contributed by atoms with Crippen LogP contribution in [0.4, 0.5) is 0 Å². The molecule has 90 valence electrons. The third kappa shape index (κ3) is 3.50. The predicted octanol–water partition coefficient (Wildman–Crippen LogP) is 1.86. The van der Waals surface area contributed by atoms with Crippen LogP contribution in [0.5, 0.6) is 5.75 Å². The number of sulfonamides is 1. The van der Waals surface area contributed by atoms with E-state index >= 15 is 0 Å². The average Bonchev–Trinajstić information content (AvgIpc) is 2.17. The summed E-state index contributed by atoms with van der Waals surface area (Å²) in [4.78, 5) is 0.174. The fourth-order valence-electron chi connectivity index (χ4n) is 1.45. The SMILES string of the molecule is CCCC(C)NS(=O)(=O)c1ccc(O)cc1. The Balaban J connectivity index is 2.82. The molecule has 0 spiro atoms. The van der Waals surface area contributed by atoms with Gasteiger partial charge in [0, 0.05) is 6.04 Å². The molecule has 0 saturated carbocycles. The highest BCUT2D eigenvalue weighted by Crippen LogP contribution is 2.14. The molecule has 1 aromatic carbocycles. The van der Waals surface area contributed by atoms with E-state index < -0.39 is 10.0 Å². The van der Waals surface area contributed by atoms with Crippen molar-refractivity contribution < 1.29 is 13.5 Å². The lowest BCUT2D eigenvalue weighted by molar-refractivity contribution is 0.474. The van der Waals surface area contributed by atoms with Crippen molar-refractivity contribution in [1.82, 2.24) is 4.72 Å². The summed E-state index contributed by atoms with van der Waals surface area (Å²) in [6, 6.07) is 5.41. The molecule has 0 aliphatic rings. The Bertz CT molecular complexity index is 425. The smallest absolute Gasteiger partial charge is 0.240 e. The van der Waals surface area contributed by atoms with Crippen LogP contribution in [0, 0.1) is 0 Å². The van der Waals surface area contributed by atoms with Gasteiger partial charge in [0.15, 0.2) is 0 Å². The van der Waals surface area contributed by atoms with Gasteiger partial charge in [-0.15, -0.1) is 0 Å². The molecule has 0 aliphatic carbocycles. The normalized spacial score (nSPS) is 13.6. The van der Waals surface area contributed by atoms with Crippen molar-refractivity contribution in [3.05, 3.63) is 24.3 Å². The maximum atomic E-state index is 11.8. The Labute approximate surface area is 96.4 Å². The van der Waals surface area contributed by atoms with E-state index in [1.165, 1.54) is 24.3 Å². The fourth-order valence-corrected chi connectivity index (χ4v) is 2.73. The second-order valence-electron chi connectivity index (χ2n) is 3.80. The largest absolute Gasteiger partial charge is 0.508 e. The van der Waals surface area contributed by atoms with Crippen LogP contribution < -0.4 is 4.72 Å². The predicted molar refractivity (Wildman–Crippen MR) is 62.8 cm³/mol. The van der Waals surface area contributed by atoms with E-state index in [1.54, 1.807) is 0 Å². The molecule has 1 atom stereocenters. The maximum Gasteiger partial charge on any atom is 0.240 e. The highest BCUT2D eigenvalue weighted by Gasteiger charge is 2.16. The van der Waals surface area contributed by atoms with Gasteiger partial charge in [-0.1, -0.05) is 13.3 Å². The van der Waals surface area contributed by atoms with Crippen molar-refractivity contribution >= 4 is 10.0 Å². The average molecular weight is 243 g/mol. The van der Waals surface area contributed by atoms with Crippen molar-refractivity contribution in [1.29, 1.82) is 0 Å². The van der Waals surface area contributed by atoms with Gasteiger partial charge in [-0.05, 0) is 37.6 Å². The molecule has 2 N–H and O–H groups in total. The summed E-state index contributed by atoms with van der Waals surface area (Å²) in [5, 5.41) is 9.07. The van der Waals surface area contributed by atoms with Crippen molar-refractivity contribution in [2.45, 2.75) is 37.6 Å². The van der Waals surface area contributed by atoms with E-state index in [9.17, 15) is 8.42 Å². The Morgan fingerprint density at radius 3 is 2.38 bits per heavy atom. The van der Waals surface area contributed by atoms with Crippen molar-refractivity contribution in [2.24, 2.45) is 0 Å². The summed E-state index contributed by atoms with van der Waals surface area (Å²) in [5.41, 5.74) is 0. The lowest BCUT2D eigenvalue weighted by Crippen LogP contribution is -2.32. The van der Waals surface area contributed by atoms with Gasteiger partial charge in [-0.25, -0.2) is 13.1 Å². The highest BCUT2D eigenvalue weighted by molar-refractivity contribution is 7.89. The first-order chi connectivity index (χ1) is 7.45. The molecule has 0 aliphatic heterocycles. The van der Waals surface area contributed by atoms with Crippen LogP contribution in [0.2, 0.25) is 0 Å². The molecular weight excluding hydrogens is 226 g/mol. The molecule has 1 rings (SSSR count). The summed E-state index contributed by atoms with van der Waals surface area (Å²) in [7, 11) is -3.46. The number of hydrogen-bond donors (Lipinski definition) is 2. The molecule has 16 heavy (non-hydrogen) atoms. The number of rotatable bonds is 5. The Kier molecular flexibility index (Phi) is 4.32. The lowest BCUT2D eigenvalue weighted by atomic mass is 10.2. The van der Waals surface area contributed by atoms with Crippen molar-refractivity contribution in [3.8, 4) is 5.75 Å². The van der Waals surface area contributed by atoms with E-state index in [2.05, 4.69) is 4.72 Å². The maximum absolute atomic E-state index is 11.8. The zero-order valence-electron chi connectivity index (χ0n) is 9.47. The number of hydrogen-bond acceptors (Lipinski definition) is 3. The van der Waals surface area contributed by atoms with Gasteiger partial charge < -0.3 is 5.11 Å². The molecule has 5 heteroatoms. The van der Waals surface area contributed by atoms with Crippen molar-refractivity contribution in [2.75, 3.05) is 0 Å². The van der Waals surface area contributed by atoms with Crippen LogP contribution in [-0.2, 0) is 10.0 Å². The van der Waals surface area contributed by atoms with Gasteiger partial charge in [0.05, 0.1) is 4.90 Å². The van der Waals surface area contributed by atoms with Gasteiger partial charge in [0.25, 0.3) is 0 Å². The van der Waals surface area contributed by atoms with E-state index in [4.69, 9.17) is 5.11 Å². The molecule has 0 fully saturated rings. The van der Waals surface area contributed by atoms with E-state index in [0.717, 1.165) is 12.8 Å². The second-order valence-corrected chi connectivity index (χ2v) is 5.52. The van der Waals surface area contributed by atoms with E-state index in [1.807, 2.05) is 13.8 Å². The van der Waals surface area contributed by atoms with Crippen molar-refractivity contribution in [3.63, 3.8) is 0 Å². The molecule has 0 amide bonds. The first-order valence-corrected chi connectivity index (χ1v) is 6.75. The van der Waals surface area contributed by atoms with Crippen LogP contribution in [0.25, 0.3) is 0 Å². The van der Waals surface area contributed by atoms with Gasteiger partial charge in [-0.2, -0.15) is 0 Å². The van der Waals surface area contributed by atoms with Crippen LogP contribution in [-0.4, -0.2) is 19.6 Å². The summed E-state index contributed by atoms with van der Waals surface area (Å²) in [5.74, 6) is 0.0561. The number of nitrogens with one attached hydrogen (secondary N) is 1. The number of aromatic hydroxyl groups is 1. The third-order valence-electron chi connectivity index (χ3n) is 2.23. The minimum Gasteiger partial charge on any atom is -0.508 e. The number of phenolic OH excluding ortho intramolecular Hbond substituents is 1. The Hall–Kier alpha value is -1.07. The molecule has 1 aromatic rings. The molecule has 0 bridgehead atoms. The van der Waals surface area contributed by atoms with E-state index in [0.29, 0.717) is 0 Å². The Morgan fingerprint density at radius 2 is 1.88 bits per heavy atom. The van der Waals surface area contributed by atoms with E-state index in [-0.39, 0.29) is 16.7 Å². The molecular formula is C11H17NO3S. The zero-order chi connectivity index (χ0) is 12.2. The summed E-state index contributed by atoms with van der Waals surface area (Å²) in [6.45, 7) is 3.84. The molecule has 0 radical (unpaired) electrons. The zero-order valence-corrected chi connectivity index (χ0v) is 10.3. The molecule has 0 aromatic heterocycles. The second kappa shape index (κ2) is 5.32. The van der Waals surface area contributed by atoms with Crippen LogP contribution >= 0.6 is 0 Å². The molecule has 0 saturated heterocycles. The van der Waals surface area contributed by atoms with Gasteiger partial charge in [0.1, 0.15) is 5.75 Å². The van der Waals surface area contributed by atoms with Crippen LogP contribution in [0.3, 0.4) is 0 Å². The summed E-state index contributed by atoms with van der Waals surface area (Å²) >= 11 is 0. The lowest BCUT2D eigenvalue weighted by Gasteiger charge is -2.13. The first-order valence-electron chi connectivity index (χ1n) is 5.27. The molecule has 0 heterocycles. The van der Waals surface area contributed by atoms with Gasteiger partial charge in [0.2, 0.25) is 10.0 Å². The Morgan fingerprint density at radius 1 is 1.31 bits per heavy atom. The van der Waals surface area contributed by atoms with Crippen LogP contribution in [0.15, 0.2) is 29.2 Å². The standard InChI is InChI=1S/C11H17NO3S/c1-3-4-9(2)12-16(14,15)11-7-5-10(13)6-8-11/h5-9,12-13H,3-4H2,1-2H3. The van der Waals surface area contributed by atoms with Gasteiger partial charge in [-0.3, -0.25) is 0 Å². The number of benzene rings is 1. The fraction of sp³-hybridized carbons (Fsp3) is 0.455. The minimum absolute atomic E-state index is 0.0561. The quantitative estimate of drug-likeness (QED) is 0.829. The highest BCUT2D eigenvalue weighted by atomic mass is 32.2. The first kappa shape index (κ1) is 13.0. The topological polar surface area (TPSA) is 66.4 Å². The summed E-state index contributed by atoms with van der Waals surface area (Å²) in [6.07, 6.45) is 1.73. The monoisotopic (exact) mass is 243 g/mol. The number of phenols is 1. The minimum atomic E-state index is -3.46. The molecule has 4 nitrogen and oxygen atoms in total. The summed E-state index contributed by atoms with van der Waals surface area (Å²) < 4.78 is 26.3. The van der Waals surface area contributed by atoms with Crippen LogP contribution in [0.1, 0.15) is 26.7 Å². The third-order valence-corrected chi connectivity index (χ3v) is 3.83.